The predicted octanol–water partition coefficient (Wildman–Crippen LogP) is 2.93. The number of carbonyl (C=O) groups excluding carboxylic acids is 1. The Morgan fingerprint density at radius 2 is 2.08 bits per heavy atom. The van der Waals surface area contributed by atoms with Crippen molar-refractivity contribution in [3.63, 3.8) is 0 Å². The molecule has 1 aliphatic heterocycles. The SMILES string of the molecule is CC(Cc1ccc2c(c1)CCO2)NC(=O)NCCOc1ccccc1. The Morgan fingerprint density at radius 1 is 1.24 bits per heavy atom. The summed E-state index contributed by atoms with van der Waals surface area (Å²) in [7, 11) is 0. The number of hydrogen-bond acceptors (Lipinski definition) is 3. The molecule has 0 aliphatic carbocycles. The topological polar surface area (TPSA) is 59.6 Å². The molecule has 1 heterocycles. The van der Waals surface area contributed by atoms with Crippen LogP contribution in [-0.2, 0) is 12.8 Å². The van der Waals surface area contributed by atoms with Crippen LogP contribution in [0.3, 0.4) is 0 Å². The van der Waals surface area contributed by atoms with E-state index in [2.05, 4.69) is 22.8 Å². The summed E-state index contributed by atoms with van der Waals surface area (Å²) in [5, 5.41) is 5.77. The summed E-state index contributed by atoms with van der Waals surface area (Å²) in [6.45, 7) is 3.67. The maximum absolute atomic E-state index is 11.9. The van der Waals surface area contributed by atoms with E-state index in [0.29, 0.717) is 13.2 Å². The summed E-state index contributed by atoms with van der Waals surface area (Å²) in [5.74, 6) is 1.79. The van der Waals surface area contributed by atoms with E-state index in [1.165, 1.54) is 11.1 Å². The van der Waals surface area contributed by atoms with E-state index in [4.69, 9.17) is 9.47 Å². The molecule has 0 spiro atoms. The molecule has 0 saturated heterocycles. The molecule has 2 amide bonds. The lowest BCUT2D eigenvalue weighted by Gasteiger charge is -2.15. The van der Waals surface area contributed by atoms with E-state index in [-0.39, 0.29) is 12.1 Å². The number of carbonyl (C=O) groups is 1. The summed E-state index contributed by atoms with van der Waals surface area (Å²) in [4.78, 5) is 11.9. The molecule has 1 atom stereocenters. The zero-order chi connectivity index (χ0) is 17.5. The molecule has 132 valence electrons. The summed E-state index contributed by atoms with van der Waals surface area (Å²) in [6.07, 6.45) is 1.76. The largest absolute Gasteiger partial charge is 0.493 e. The summed E-state index contributed by atoms with van der Waals surface area (Å²) in [6, 6.07) is 15.7. The van der Waals surface area contributed by atoms with Gasteiger partial charge in [0.15, 0.2) is 0 Å². The van der Waals surface area contributed by atoms with Crippen molar-refractivity contribution in [2.75, 3.05) is 19.8 Å². The lowest BCUT2D eigenvalue weighted by atomic mass is 10.0. The zero-order valence-corrected chi connectivity index (χ0v) is 14.5. The molecule has 1 aliphatic rings. The van der Waals surface area contributed by atoms with Gasteiger partial charge in [-0.1, -0.05) is 30.3 Å². The molecule has 25 heavy (non-hydrogen) atoms. The van der Waals surface area contributed by atoms with E-state index < -0.39 is 0 Å². The highest BCUT2D eigenvalue weighted by molar-refractivity contribution is 5.74. The van der Waals surface area contributed by atoms with Gasteiger partial charge in [-0.25, -0.2) is 4.79 Å². The number of benzene rings is 2. The first-order valence-corrected chi connectivity index (χ1v) is 8.67. The number of ether oxygens (including phenoxy) is 2. The van der Waals surface area contributed by atoms with Crippen LogP contribution in [0.1, 0.15) is 18.1 Å². The van der Waals surface area contributed by atoms with Crippen LogP contribution in [0.5, 0.6) is 11.5 Å². The van der Waals surface area contributed by atoms with Crippen LogP contribution in [0.4, 0.5) is 4.79 Å². The molecule has 3 rings (SSSR count). The van der Waals surface area contributed by atoms with Gasteiger partial charge in [-0.2, -0.15) is 0 Å². The molecule has 0 saturated carbocycles. The first kappa shape index (κ1) is 17.1. The van der Waals surface area contributed by atoms with Gasteiger partial charge in [0.05, 0.1) is 13.2 Å². The maximum atomic E-state index is 11.9. The molecule has 0 radical (unpaired) electrons. The van der Waals surface area contributed by atoms with Gasteiger partial charge in [-0.3, -0.25) is 0 Å². The van der Waals surface area contributed by atoms with Crippen molar-refractivity contribution >= 4 is 6.03 Å². The first-order chi connectivity index (χ1) is 12.2. The fourth-order valence-corrected chi connectivity index (χ4v) is 2.90. The van der Waals surface area contributed by atoms with Crippen molar-refractivity contribution in [1.29, 1.82) is 0 Å². The molecule has 5 heteroatoms. The minimum Gasteiger partial charge on any atom is -0.493 e. The zero-order valence-electron chi connectivity index (χ0n) is 14.5. The van der Waals surface area contributed by atoms with Crippen molar-refractivity contribution in [2.45, 2.75) is 25.8 Å². The number of nitrogens with one attached hydrogen (secondary N) is 2. The van der Waals surface area contributed by atoms with Gasteiger partial charge in [0.25, 0.3) is 0 Å². The molecule has 1 unspecified atom stereocenters. The third-order valence-electron chi connectivity index (χ3n) is 4.07. The molecule has 0 fully saturated rings. The minimum atomic E-state index is -0.173. The van der Waals surface area contributed by atoms with Crippen molar-refractivity contribution in [3.8, 4) is 11.5 Å². The lowest BCUT2D eigenvalue weighted by molar-refractivity contribution is 0.233. The van der Waals surface area contributed by atoms with E-state index in [1.54, 1.807) is 0 Å². The van der Waals surface area contributed by atoms with Crippen LogP contribution < -0.4 is 20.1 Å². The van der Waals surface area contributed by atoms with Crippen molar-refractivity contribution in [1.82, 2.24) is 10.6 Å². The van der Waals surface area contributed by atoms with Gasteiger partial charge in [-0.15, -0.1) is 0 Å². The Morgan fingerprint density at radius 3 is 2.92 bits per heavy atom. The highest BCUT2D eigenvalue weighted by Gasteiger charge is 2.14. The van der Waals surface area contributed by atoms with Crippen LogP contribution in [0.15, 0.2) is 48.5 Å². The Labute approximate surface area is 148 Å². The highest BCUT2D eigenvalue weighted by Crippen LogP contribution is 2.26. The Hall–Kier alpha value is -2.69. The van der Waals surface area contributed by atoms with E-state index in [0.717, 1.165) is 30.9 Å². The molecule has 0 aromatic heterocycles. The van der Waals surface area contributed by atoms with E-state index in [1.807, 2.05) is 43.3 Å². The normalized spacial score (nSPS) is 13.5. The average molecular weight is 340 g/mol. The Bertz CT molecular complexity index is 703. The van der Waals surface area contributed by atoms with Gasteiger partial charge < -0.3 is 20.1 Å². The van der Waals surface area contributed by atoms with Crippen LogP contribution in [0, 0.1) is 0 Å². The molecule has 5 nitrogen and oxygen atoms in total. The van der Waals surface area contributed by atoms with Crippen LogP contribution in [0.25, 0.3) is 0 Å². The molecule has 2 aromatic rings. The Balaban J connectivity index is 1.36. The summed E-state index contributed by atoms with van der Waals surface area (Å²) < 4.78 is 11.1. The van der Waals surface area contributed by atoms with E-state index in [9.17, 15) is 4.79 Å². The Kier molecular flexibility index (Phi) is 5.77. The minimum absolute atomic E-state index is 0.0513. The average Bonchev–Trinajstić information content (AvgIpc) is 3.07. The smallest absolute Gasteiger partial charge is 0.315 e. The standard InChI is InChI=1S/C20H24N2O3/c1-15(13-16-7-8-19-17(14-16)9-11-25-19)22-20(23)21-10-12-24-18-5-3-2-4-6-18/h2-8,14-15H,9-13H2,1H3,(H2,21,22,23). The van der Waals surface area contributed by atoms with Crippen LogP contribution in [-0.4, -0.2) is 31.8 Å². The van der Waals surface area contributed by atoms with Crippen molar-refractivity contribution in [2.24, 2.45) is 0 Å². The number of amides is 2. The molecular formula is C20H24N2O3. The number of rotatable bonds is 7. The van der Waals surface area contributed by atoms with Crippen LogP contribution >= 0.6 is 0 Å². The van der Waals surface area contributed by atoms with Gasteiger partial charge in [0.2, 0.25) is 0 Å². The number of fused-ring (bicyclic) bond motifs is 1. The first-order valence-electron chi connectivity index (χ1n) is 8.67. The summed E-state index contributed by atoms with van der Waals surface area (Å²) >= 11 is 0. The molecule has 0 bridgehead atoms. The third kappa shape index (κ3) is 5.14. The fourth-order valence-electron chi connectivity index (χ4n) is 2.90. The molecule has 2 N–H and O–H groups in total. The summed E-state index contributed by atoms with van der Waals surface area (Å²) in [5.41, 5.74) is 2.47. The predicted molar refractivity (Wildman–Crippen MR) is 97.3 cm³/mol. The van der Waals surface area contributed by atoms with Crippen molar-refractivity contribution < 1.29 is 14.3 Å². The molecular weight excluding hydrogens is 316 g/mol. The van der Waals surface area contributed by atoms with Gasteiger partial charge >= 0.3 is 6.03 Å². The lowest BCUT2D eigenvalue weighted by Crippen LogP contribution is -2.43. The fraction of sp³-hybridized carbons (Fsp3) is 0.350. The second kappa shape index (κ2) is 8.42. The number of urea groups is 1. The van der Waals surface area contributed by atoms with Crippen LogP contribution in [0.2, 0.25) is 0 Å². The third-order valence-corrected chi connectivity index (χ3v) is 4.07. The van der Waals surface area contributed by atoms with Gasteiger partial charge in [0.1, 0.15) is 18.1 Å². The number of para-hydroxylation sites is 1. The quantitative estimate of drug-likeness (QED) is 0.762. The van der Waals surface area contributed by atoms with E-state index >= 15 is 0 Å². The monoisotopic (exact) mass is 340 g/mol. The second-order valence-corrected chi connectivity index (χ2v) is 6.21. The van der Waals surface area contributed by atoms with Gasteiger partial charge in [-0.05, 0) is 42.7 Å². The van der Waals surface area contributed by atoms with Gasteiger partial charge in [0, 0.05) is 12.5 Å². The second-order valence-electron chi connectivity index (χ2n) is 6.21. The maximum Gasteiger partial charge on any atom is 0.315 e. The number of hydrogen-bond donors (Lipinski definition) is 2. The van der Waals surface area contributed by atoms with Crippen molar-refractivity contribution in [3.05, 3.63) is 59.7 Å². The molecule has 2 aromatic carbocycles. The highest BCUT2D eigenvalue weighted by atomic mass is 16.5.